The predicted octanol–water partition coefficient (Wildman–Crippen LogP) is 19.8. The van der Waals surface area contributed by atoms with Gasteiger partial charge in [-0.1, -0.05) is 153 Å². The Hall–Kier alpha value is -7.82. The standard InChI is InChI=1S/C68H62N4/c1-41(2)43-21-27-49(28-22-43)69(47-17-13-11-14-18-47)59-35-31-51-53-39-62-54(40-61(53)71-57-33-25-45(67(5,6)7)37-55(57)63(59)65(51)71)52-32-36-60(64-56-38-46(68(8,9)10)26-34-58(56)72(62)66(52)64)70(48-19-15-12-16-20-48)50-29-23-44(24-30-50)42(3)4/h11-42H,1-10H3/i1D3,3D3,5D3,6D3,7D3,11D,12D,13D,14D,15D,16D,17D,18D,19D,20D,21D,22D,23D,24D,25D,26D,27D,28D,29D,30D,31D,32D,33D,34D,35D,36D,37D,38D,39D,40D,41D,42D. The monoisotopic (exact) mass is 982 g/mol. The third kappa shape index (κ3) is 6.57. The first-order valence-electron chi connectivity index (χ1n) is 45.4. The molecule has 2 unspecified atom stereocenters. The quantitative estimate of drug-likeness (QED) is 0.151. The van der Waals surface area contributed by atoms with E-state index >= 15 is 0 Å². The lowest BCUT2D eigenvalue weighted by Gasteiger charge is -2.27. The number of benzene rings is 9. The summed E-state index contributed by atoms with van der Waals surface area (Å²) in [6.45, 7) is -14.2. The molecule has 0 amide bonds. The molecule has 0 aliphatic rings. The maximum Gasteiger partial charge on any atom is 0.0653 e. The minimum absolute atomic E-state index is 0.227. The molecule has 4 nitrogen and oxygen atoms in total. The molecule has 354 valence electrons. The molecule has 0 bridgehead atoms. The van der Waals surface area contributed by atoms with Crippen molar-refractivity contribution in [3.05, 3.63) is 204 Å². The number of para-hydroxylation sites is 2. The van der Waals surface area contributed by atoms with Gasteiger partial charge in [0.1, 0.15) is 0 Å². The van der Waals surface area contributed by atoms with Gasteiger partial charge in [-0.15, -0.1) is 0 Å². The summed E-state index contributed by atoms with van der Waals surface area (Å²) in [6.07, 6.45) is 0. The number of anilines is 6. The summed E-state index contributed by atoms with van der Waals surface area (Å²) in [5, 5.41) is -6.84. The van der Waals surface area contributed by atoms with Gasteiger partial charge in [-0.05, 0) is 142 Å². The lowest BCUT2D eigenvalue weighted by Crippen LogP contribution is -2.11. The molecule has 0 saturated carbocycles. The molecule has 13 rings (SSSR count). The smallest absolute Gasteiger partial charge is 0.0653 e. The third-order valence-electron chi connectivity index (χ3n) is 12.3. The molecule has 0 aliphatic carbocycles. The normalized spacial score (nSPS) is 24.7. The van der Waals surface area contributed by atoms with Gasteiger partial charge in [0.2, 0.25) is 0 Å². The highest BCUT2D eigenvalue weighted by Crippen LogP contribution is 2.52. The Morgan fingerprint density at radius 1 is 0.417 bits per heavy atom. The van der Waals surface area contributed by atoms with Gasteiger partial charge in [-0.3, -0.25) is 0 Å². The molecule has 13 aromatic rings. The second-order valence-electron chi connectivity index (χ2n) is 18.0. The van der Waals surface area contributed by atoms with Gasteiger partial charge in [-0.25, -0.2) is 0 Å². The van der Waals surface area contributed by atoms with Gasteiger partial charge in [-0.2, -0.15) is 0 Å². The first kappa shape index (κ1) is 16.9. The molecular formula is C68H62N4. The van der Waals surface area contributed by atoms with E-state index in [-0.39, 0.29) is 10.5 Å². The van der Waals surface area contributed by atoms with Crippen LogP contribution in [0, 0.1) is 0 Å². The van der Waals surface area contributed by atoms with Gasteiger partial charge >= 0.3 is 0 Å². The zero-order valence-electron chi connectivity index (χ0n) is 85.3. The Bertz CT molecular complexity index is 6600. The van der Waals surface area contributed by atoms with E-state index in [1.165, 1.54) is 20.8 Å². The van der Waals surface area contributed by atoms with Crippen molar-refractivity contribution in [1.82, 2.24) is 8.80 Å². The first-order valence-corrected chi connectivity index (χ1v) is 21.9. The highest BCUT2D eigenvalue weighted by Gasteiger charge is 2.29. The fourth-order valence-corrected chi connectivity index (χ4v) is 9.08. The molecule has 4 aromatic heterocycles. The molecular weight excluding hydrogens is 873 g/mol. The van der Waals surface area contributed by atoms with E-state index in [9.17, 15) is 32.9 Å². The van der Waals surface area contributed by atoms with Crippen molar-refractivity contribution in [1.29, 1.82) is 0 Å². The lowest BCUT2D eigenvalue weighted by molar-refractivity contribution is 0.591. The van der Waals surface area contributed by atoms with Crippen LogP contribution in [0.2, 0.25) is 0 Å². The Balaban J connectivity index is 1.38. The van der Waals surface area contributed by atoms with Gasteiger partial charge < -0.3 is 18.6 Å². The van der Waals surface area contributed by atoms with Crippen LogP contribution in [0.4, 0.5) is 34.1 Å². The maximum absolute atomic E-state index is 10.9. The second kappa shape index (κ2) is 15.8. The molecule has 72 heavy (non-hydrogen) atoms. The molecule has 9 aromatic carbocycles. The van der Waals surface area contributed by atoms with Gasteiger partial charge in [0.05, 0.1) is 85.6 Å². The summed E-state index contributed by atoms with van der Waals surface area (Å²) < 4.78 is 441. The molecule has 0 spiro atoms. The number of aromatic nitrogens is 2. The Kier molecular flexibility index (Phi) is 3.71. The van der Waals surface area contributed by atoms with Gasteiger partial charge in [0, 0.05) is 89.1 Å². The molecule has 4 heterocycles. The van der Waals surface area contributed by atoms with Gasteiger partial charge in [0.15, 0.2) is 0 Å². The minimum atomic E-state index is -4.47. The molecule has 0 saturated heterocycles. The number of hydrogen-bond acceptors (Lipinski definition) is 2. The summed E-state index contributed by atoms with van der Waals surface area (Å²) in [7, 11) is 0. The topological polar surface area (TPSA) is 15.3 Å². The van der Waals surface area contributed by atoms with Crippen molar-refractivity contribution in [3.63, 3.8) is 0 Å². The van der Waals surface area contributed by atoms with Crippen molar-refractivity contribution in [2.45, 2.75) is 91.5 Å². The first-order chi connectivity index (χ1) is 54.1. The lowest BCUT2D eigenvalue weighted by atomic mass is 9.86. The SMILES string of the molecule is [2H]c1c([2H])c([2H])c(N(c2c([2H])c([2H])c(C([2H])(C)C([2H])([2H])[2H])c([2H])c2[2H])c2c([2H])c([2H])c3c4c([2H])c5c(c([2H])c4n4c6c([2H])c([2H])c(C(C)(C)C)c([2H])c6c2c34)c2c([2H])c([2H])c(N(c3c([2H])c([2H])c([2H])c([2H])c3[2H])c3c([2H])c([2H])c(C([2H])(C)C([2H])([2H])[2H])c([2H])c3[2H])c3c4c([2H])c(C(C([2H])([2H])[2H])(C([2H])([2H])[2H])C([2H])([2H])[2H])c([2H])c([2H])c4n5c23)c([2H])c1[2H]. The van der Waals surface area contributed by atoms with E-state index in [1.54, 1.807) is 0 Å². The van der Waals surface area contributed by atoms with Crippen molar-refractivity contribution in [2.75, 3.05) is 9.80 Å². The predicted molar refractivity (Wildman–Crippen MR) is 311 cm³/mol. The molecule has 0 radical (unpaired) electrons. The van der Waals surface area contributed by atoms with Crippen molar-refractivity contribution < 1.29 is 64.4 Å². The molecule has 0 aliphatic heterocycles. The molecule has 0 fully saturated rings. The average Bonchev–Trinajstić information content (AvgIpc) is 1.48. The Morgan fingerprint density at radius 2 is 0.819 bits per heavy atom. The van der Waals surface area contributed by atoms with Crippen LogP contribution in [0.15, 0.2) is 181 Å². The van der Waals surface area contributed by atoms with Crippen LogP contribution in [-0.2, 0) is 10.8 Å². The van der Waals surface area contributed by atoms with E-state index < -0.39 is 365 Å². The highest BCUT2D eigenvalue weighted by atomic mass is 15.2. The summed E-state index contributed by atoms with van der Waals surface area (Å²) >= 11 is 0. The Morgan fingerprint density at radius 3 is 1.21 bits per heavy atom. The summed E-state index contributed by atoms with van der Waals surface area (Å²) in [5.41, 5.74) is -22.4. The second-order valence-corrected chi connectivity index (χ2v) is 18.0. The number of fused-ring (bicyclic) bond motifs is 12. The number of hydrogen-bond donors (Lipinski definition) is 0. The highest BCUT2D eigenvalue weighted by molar-refractivity contribution is 6.32. The van der Waals surface area contributed by atoms with Crippen molar-refractivity contribution >= 4 is 110 Å². The van der Waals surface area contributed by atoms with E-state index in [0.29, 0.717) is 16.2 Å². The van der Waals surface area contributed by atoms with Crippen LogP contribution in [0.5, 0.6) is 0 Å². The molecule has 4 heteroatoms. The molecule has 2 atom stereocenters. The average molecular weight is 983 g/mol. The van der Waals surface area contributed by atoms with Gasteiger partial charge in [0.25, 0.3) is 0 Å². The summed E-state index contributed by atoms with van der Waals surface area (Å²) in [6, 6.07) is -38.0. The minimum Gasteiger partial charge on any atom is -0.310 e. The fraction of sp³-hybridized carbons (Fsp3) is 0.206. The Labute approximate surface area is 489 Å². The van der Waals surface area contributed by atoms with E-state index in [4.69, 9.17) is 31.5 Å². The summed E-state index contributed by atoms with van der Waals surface area (Å²) in [4.78, 5) is 0.656. The van der Waals surface area contributed by atoms with Crippen molar-refractivity contribution in [3.8, 4) is 0 Å². The van der Waals surface area contributed by atoms with Crippen molar-refractivity contribution in [2.24, 2.45) is 0 Å². The van der Waals surface area contributed by atoms with Crippen LogP contribution in [-0.4, -0.2) is 8.80 Å². The largest absolute Gasteiger partial charge is 0.310 e. The van der Waals surface area contributed by atoms with E-state index in [1.807, 2.05) is 0 Å². The van der Waals surface area contributed by atoms with Crippen LogP contribution in [0.1, 0.15) is 167 Å². The zero-order valence-corrected chi connectivity index (χ0v) is 38.3. The van der Waals surface area contributed by atoms with Crippen LogP contribution >= 0.6 is 0 Å². The number of rotatable bonds is 8. The van der Waals surface area contributed by atoms with Crippen LogP contribution in [0.25, 0.3) is 76.2 Å². The fourth-order valence-electron chi connectivity index (χ4n) is 9.08. The maximum atomic E-state index is 10.9. The van der Waals surface area contributed by atoms with E-state index in [2.05, 4.69) is 0 Å². The summed E-state index contributed by atoms with van der Waals surface area (Å²) in [5.74, 6) is -6.08. The van der Waals surface area contributed by atoms with E-state index in [0.717, 1.165) is 11.3 Å². The van der Waals surface area contributed by atoms with Crippen LogP contribution < -0.4 is 9.80 Å². The van der Waals surface area contributed by atoms with Crippen LogP contribution in [0.3, 0.4) is 0 Å². The zero-order chi connectivity index (χ0) is 90.0. The third-order valence-corrected chi connectivity index (χ3v) is 12.3. The number of nitrogens with zero attached hydrogens (tertiary/aromatic N) is 4. The molecule has 0 N–H and O–H groups in total.